The van der Waals surface area contributed by atoms with Gasteiger partial charge in [0.1, 0.15) is 24.1 Å². The van der Waals surface area contributed by atoms with E-state index in [0.29, 0.717) is 43.2 Å². The number of piperazine rings is 1. The first-order valence-electron chi connectivity index (χ1n) is 14.8. The summed E-state index contributed by atoms with van der Waals surface area (Å²) in [5.41, 5.74) is 3.27. The number of aryl methyl sites for hydroxylation is 1. The summed E-state index contributed by atoms with van der Waals surface area (Å²) in [6, 6.07) is 17.5. The first-order chi connectivity index (χ1) is 21.9. The second-order valence-corrected chi connectivity index (χ2v) is 11.2. The summed E-state index contributed by atoms with van der Waals surface area (Å²) < 4.78 is 24.1. The highest BCUT2D eigenvalue weighted by atomic mass is 19.1. The number of ether oxygens (including phenoxy) is 1. The number of imidazole rings is 1. The maximum absolute atomic E-state index is 14.3. The number of rotatable bonds is 10. The fraction of sp³-hybridized carbons (Fsp3) is 0.312. The van der Waals surface area contributed by atoms with Gasteiger partial charge in [-0.3, -0.25) is 4.90 Å². The highest BCUT2D eigenvalue weighted by Gasteiger charge is 2.49. The Balaban J connectivity index is 1.07. The predicted octanol–water partition coefficient (Wildman–Crippen LogP) is 3.84. The van der Waals surface area contributed by atoms with Crippen LogP contribution in [-0.4, -0.2) is 70.7 Å². The Morgan fingerprint density at radius 2 is 2.00 bits per heavy atom. The topological polar surface area (TPSA) is 138 Å². The van der Waals surface area contributed by atoms with Crippen LogP contribution in [0.2, 0.25) is 0 Å². The standard InChI is InChI=1S/C32H30FN9O3/c1-2-42-23(16-35-38-42)17-41-26-13-21(32(43)44)8-9-25(26)36-30(41)18-39-10-11-40(28-14-27(28)39)29-4-3-5-31(37-29)45-19-22-7-6-20(15-34)12-24(22)33/h3-9,12-13,16,27-28H,2,10-11,14,17-19H2,1H3,(H,43,44)/t27-,28+/m1/s1. The van der Waals surface area contributed by atoms with Gasteiger partial charge < -0.3 is 19.3 Å². The van der Waals surface area contributed by atoms with Crippen LogP contribution in [-0.2, 0) is 26.2 Å². The monoisotopic (exact) mass is 607 g/mol. The number of nitriles is 1. The fourth-order valence-corrected chi connectivity index (χ4v) is 6.09. The molecular formula is C32H30FN9O3. The van der Waals surface area contributed by atoms with Crippen molar-refractivity contribution in [1.82, 2.24) is 34.4 Å². The van der Waals surface area contributed by atoms with Crippen LogP contribution in [0.25, 0.3) is 11.0 Å². The molecule has 45 heavy (non-hydrogen) atoms. The Morgan fingerprint density at radius 1 is 1.11 bits per heavy atom. The number of halogens is 1. The highest BCUT2D eigenvalue weighted by Crippen LogP contribution is 2.40. The van der Waals surface area contributed by atoms with E-state index in [1.807, 2.05) is 29.8 Å². The van der Waals surface area contributed by atoms with Crippen LogP contribution < -0.4 is 9.64 Å². The lowest BCUT2D eigenvalue weighted by atomic mass is 10.1. The summed E-state index contributed by atoms with van der Waals surface area (Å²) in [6.07, 6.45) is 2.72. The van der Waals surface area contributed by atoms with Crippen molar-refractivity contribution >= 4 is 22.8 Å². The summed E-state index contributed by atoms with van der Waals surface area (Å²) in [5.74, 6) is 0.623. The van der Waals surface area contributed by atoms with E-state index >= 15 is 0 Å². The van der Waals surface area contributed by atoms with Crippen LogP contribution >= 0.6 is 0 Å². The number of hydrogen-bond acceptors (Lipinski definition) is 9. The number of aromatic nitrogens is 6. The molecule has 228 valence electrons. The van der Waals surface area contributed by atoms with Gasteiger partial charge in [0, 0.05) is 43.3 Å². The molecule has 7 rings (SSSR count). The fourth-order valence-electron chi connectivity index (χ4n) is 6.09. The lowest BCUT2D eigenvalue weighted by Crippen LogP contribution is -2.46. The summed E-state index contributed by atoms with van der Waals surface area (Å²) in [6.45, 7) is 5.35. The zero-order chi connectivity index (χ0) is 31.1. The van der Waals surface area contributed by atoms with Crippen LogP contribution in [0, 0.1) is 17.1 Å². The smallest absolute Gasteiger partial charge is 0.335 e. The Hall–Kier alpha value is -5.35. The largest absolute Gasteiger partial charge is 0.478 e. The third-order valence-electron chi connectivity index (χ3n) is 8.52. The molecule has 3 aromatic heterocycles. The van der Waals surface area contributed by atoms with Gasteiger partial charge in [-0.25, -0.2) is 18.9 Å². The number of benzene rings is 2. The molecule has 2 fully saturated rings. The van der Waals surface area contributed by atoms with Crippen molar-refractivity contribution < 1.29 is 19.0 Å². The molecule has 2 aromatic carbocycles. The van der Waals surface area contributed by atoms with E-state index in [0.717, 1.165) is 47.9 Å². The van der Waals surface area contributed by atoms with Gasteiger partial charge in [0.25, 0.3) is 0 Å². The van der Waals surface area contributed by atoms with Crippen molar-refractivity contribution in [1.29, 1.82) is 5.26 Å². The van der Waals surface area contributed by atoms with E-state index in [-0.39, 0.29) is 17.7 Å². The molecule has 1 aliphatic carbocycles. The van der Waals surface area contributed by atoms with Crippen LogP contribution in [0.5, 0.6) is 5.88 Å². The van der Waals surface area contributed by atoms with E-state index in [4.69, 9.17) is 20.0 Å². The van der Waals surface area contributed by atoms with E-state index in [1.165, 1.54) is 6.07 Å². The van der Waals surface area contributed by atoms with Crippen molar-refractivity contribution in [2.45, 2.75) is 51.7 Å². The van der Waals surface area contributed by atoms with Gasteiger partial charge >= 0.3 is 5.97 Å². The van der Waals surface area contributed by atoms with Crippen LogP contribution in [0.1, 0.15) is 46.3 Å². The van der Waals surface area contributed by atoms with Crippen molar-refractivity contribution in [2.24, 2.45) is 0 Å². The minimum atomic E-state index is -0.979. The molecule has 0 unspecified atom stereocenters. The lowest BCUT2D eigenvalue weighted by molar-refractivity contribution is 0.0697. The van der Waals surface area contributed by atoms with Crippen molar-refractivity contribution in [3.05, 3.63) is 94.8 Å². The molecule has 0 bridgehead atoms. The van der Waals surface area contributed by atoms with Crippen LogP contribution in [0.15, 0.2) is 60.8 Å². The predicted molar refractivity (Wildman–Crippen MR) is 161 cm³/mol. The number of carbonyl (C=O) groups is 1. The van der Waals surface area contributed by atoms with E-state index in [2.05, 4.69) is 24.7 Å². The van der Waals surface area contributed by atoms with Crippen LogP contribution in [0.4, 0.5) is 10.2 Å². The summed E-state index contributed by atoms with van der Waals surface area (Å²) in [4.78, 5) is 26.1. The average Bonchev–Trinajstić information content (AvgIpc) is 3.62. The third kappa shape index (κ3) is 5.56. The minimum absolute atomic E-state index is 0.0118. The second kappa shape index (κ2) is 11.6. The number of carboxylic acid groups (broad SMARTS) is 1. The number of nitrogens with zero attached hydrogens (tertiary/aromatic N) is 9. The molecule has 4 heterocycles. The zero-order valence-electron chi connectivity index (χ0n) is 24.5. The summed E-state index contributed by atoms with van der Waals surface area (Å²) in [5, 5.41) is 26.8. The third-order valence-corrected chi connectivity index (χ3v) is 8.52. The number of anilines is 1. The molecule has 0 spiro atoms. The quantitative estimate of drug-likeness (QED) is 0.249. The van der Waals surface area contributed by atoms with Crippen molar-refractivity contribution in [3.63, 3.8) is 0 Å². The van der Waals surface area contributed by atoms with Gasteiger partial charge in [-0.15, -0.1) is 5.10 Å². The molecule has 2 aliphatic rings. The molecule has 1 N–H and O–H groups in total. The molecule has 1 aliphatic heterocycles. The van der Waals surface area contributed by atoms with E-state index in [1.54, 1.807) is 42.6 Å². The molecular weight excluding hydrogens is 577 g/mol. The molecule has 2 atom stereocenters. The van der Waals surface area contributed by atoms with Gasteiger partial charge in [-0.2, -0.15) is 10.2 Å². The molecule has 13 heteroatoms. The number of hydrogen-bond donors (Lipinski definition) is 1. The van der Waals surface area contributed by atoms with Crippen molar-refractivity contribution in [3.8, 4) is 11.9 Å². The first kappa shape index (κ1) is 28.4. The minimum Gasteiger partial charge on any atom is -0.478 e. The summed E-state index contributed by atoms with van der Waals surface area (Å²) >= 11 is 0. The molecule has 12 nitrogen and oxygen atoms in total. The van der Waals surface area contributed by atoms with Gasteiger partial charge in [-0.1, -0.05) is 17.3 Å². The molecule has 1 saturated heterocycles. The van der Waals surface area contributed by atoms with E-state index < -0.39 is 11.8 Å². The van der Waals surface area contributed by atoms with Gasteiger partial charge in [-0.05, 0) is 49.7 Å². The number of fused-ring (bicyclic) bond motifs is 2. The number of aromatic carboxylic acids is 1. The Labute approximate surface area is 257 Å². The Bertz CT molecular complexity index is 1950. The van der Waals surface area contributed by atoms with E-state index in [9.17, 15) is 14.3 Å². The molecule has 0 amide bonds. The second-order valence-electron chi connectivity index (χ2n) is 11.2. The molecule has 1 saturated carbocycles. The lowest BCUT2D eigenvalue weighted by Gasteiger charge is -2.34. The SMILES string of the molecule is CCn1nncc1Cn1c(CN2CCN(c3cccc(OCc4ccc(C#N)cc4F)n3)[C@H]3C[C@H]32)nc2ccc(C(=O)O)cc21. The van der Waals surface area contributed by atoms with Gasteiger partial charge in [0.05, 0.1) is 53.2 Å². The Kier molecular flexibility index (Phi) is 7.34. The van der Waals surface area contributed by atoms with Gasteiger partial charge in [0.2, 0.25) is 5.88 Å². The first-order valence-corrected chi connectivity index (χ1v) is 14.8. The Morgan fingerprint density at radius 3 is 2.80 bits per heavy atom. The number of carboxylic acids is 1. The van der Waals surface area contributed by atoms with Gasteiger partial charge in [0.15, 0.2) is 0 Å². The number of pyridine rings is 1. The molecule has 0 radical (unpaired) electrons. The summed E-state index contributed by atoms with van der Waals surface area (Å²) in [7, 11) is 0. The highest BCUT2D eigenvalue weighted by molar-refractivity contribution is 5.92. The normalized spacial score (nSPS) is 17.7. The van der Waals surface area contributed by atoms with Crippen LogP contribution in [0.3, 0.4) is 0 Å². The zero-order valence-corrected chi connectivity index (χ0v) is 24.5. The maximum Gasteiger partial charge on any atom is 0.335 e. The average molecular weight is 608 g/mol. The van der Waals surface area contributed by atoms with Crippen molar-refractivity contribution in [2.75, 3.05) is 18.0 Å². The molecule has 5 aromatic rings. The maximum atomic E-state index is 14.3.